The number of aliphatic hydroxyl groups is 1. The zero-order valence-electron chi connectivity index (χ0n) is 13.2. The Morgan fingerprint density at radius 1 is 1.38 bits per heavy atom. The number of hydrogen-bond acceptors (Lipinski definition) is 4. The molecule has 1 aliphatic rings. The third-order valence-corrected chi connectivity index (χ3v) is 4.39. The van der Waals surface area contributed by atoms with Crippen LogP contribution in [0.25, 0.3) is 0 Å². The molecule has 1 aromatic heterocycles. The second-order valence-electron chi connectivity index (χ2n) is 5.89. The number of amides is 1. The summed E-state index contributed by atoms with van der Waals surface area (Å²) in [7, 11) is 0. The monoisotopic (exact) mass is 349 g/mol. The van der Waals surface area contributed by atoms with Crippen molar-refractivity contribution in [2.45, 2.75) is 25.0 Å². The third kappa shape index (κ3) is 4.17. The van der Waals surface area contributed by atoms with Gasteiger partial charge in [0.2, 0.25) is 5.91 Å². The molecule has 0 saturated carbocycles. The van der Waals surface area contributed by atoms with Crippen LogP contribution >= 0.6 is 11.6 Å². The Morgan fingerprint density at radius 3 is 3.00 bits per heavy atom. The first-order chi connectivity index (χ1) is 11.6. The lowest BCUT2D eigenvalue weighted by Gasteiger charge is -2.36. The van der Waals surface area contributed by atoms with Crippen LogP contribution in [0, 0.1) is 0 Å². The molecule has 128 valence electrons. The molecule has 1 amide bonds. The fraction of sp³-hybridized carbons (Fsp3) is 0.389. The van der Waals surface area contributed by atoms with Crippen LogP contribution in [-0.2, 0) is 16.0 Å². The maximum atomic E-state index is 12.7. The normalized spacial score (nSPS) is 19.2. The summed E-state index contributed by atoms with van der Waals surface area (Å²) in [5, 5.41) is 10.9. The van der Waals surface area contributed by atoms with Gasteiger partial charge in [-0.25, -0.2) is 0 Å². The number of ether oxygens (including phenoxy) is 1. The highest BCUT2D eigenvalue weighted by Gasteiger charge is 2.30. The van der Waals surface area contributed by atoms with Crippen LogP contribution < -0.4 is 0 Å². The highest BCUT2D eigenvalue weighted by atomic mass is 35.5. The number of carbonyl (C=O) groups is 1. The predicted molar refractivity (Wildman–Crippen MR) is 89.8 cm³/mol. The average molecular weight is 350 g/mol. The van der Waals surface area contributed by atoms with Crippen molar-refractivity contribution >= 4 is 17.5 Å². The van der Waals surface area contributed by atoms with E-state index in [1.165, 1.54) is 6.26 Å². The van der Waals surface area contributed by atoms with E-state index < -0.39 is 6.10 Å². The minimum Gasteiger partial charge on any atom is -0.467 e. The number of benzene rings is 1. The lowest BCUT2D eigenvalue weighted by Crippen LogP contribution is -2.49. The Balaban J connectivity index is 1.66. The summed E-state index contributed by atoms with van der Waals surface area (Å²) < 4.78 is 10.7. The maximum Gasteiger partial charge on any atom is 0.227 e. The molecule has 0 aliphatic carbocycles. The summed E-state index contributed by atoms with van der Waals surface area (Å²) in [6.45, 7) is 1.45. The van der Waals surface area contributed by atoms with E-state index in [1.54, 1.807) is 29.2 Å². The van der Waals surface area contributed by atoms with Gasteiger partial charge in [0.25, 0.3) is 0 Å². The van der Waals surface area contributed by atoms with E-state index in [4.69, 9.17) is 20.8 Å². The Morgan fingerprint density at radius 2 is 2.25 bits per heavy atom. The number of halogens is 1. The van der Waals surface area contributed by atoms with Crippen molar-refractivity contribution in [2.24, 2.45) is 0 Å². The van der Waals surface area contributed by atoms with E-state index in [0.29, 0.717) is 37.0 Å². The zero-order valence-corrected chi connectivity index (χ0v) is 14.0. The van der Waals surface area contributed by atoms with Crippen molar-refractivity contribution in [1.29, 1.82) is 0 Å². The van der Waals surface area contributed by atoms with Crippen LogP contribution in [0.5, 0.6) is 0 Å². The third-order valence-electron chi connectivity index (χ3n) is 4.16. The van der Waals surface area contributed by atoms with E-state index in [0.717, 1.165) is 5.56 Å². The van der Waals surface area contributed by atoms with Gasteiger partial charge >= 0.3 is 0 Å². The molecular weight excluding hydrogens is 330 g/mol. The lowest BCUT2D eigenvalue weighted by atomic mass is 10.0. The molecule has 6 heteroatoms. The molecule has 2 aromatic rings. The molecule has 0 radical (unpaired) electrons. The predicted octanol–water partition coefficient (Wildman–Crippen LogP) is 2.83. The van der Waals surface area contributed by atoms with Gasteiger partial charge in [-0.05, 0) is 29.8 Å². The second kappa shape index (κ2) is 7.83. The number of furan rings is 1. The Hall–Kier alpha value is -1.82. The number of nitrogens with zero attached hydrogens (tertiary/aromatic N) is 1. The largest absolute Gasteiger partial charge is 0.467 e. The quantitative estimate of drug-likeness (QED) is 0.901. The number of morpholine rings is 1. The lowest BCUT2D eigenvalue weighted by molar-refractivity contribution is -0.140. The summed E-state index contributed by atoms with van der Waals surface area (Å²) >= 11 is 5.98. The van der Waals surface area contributed by atoms with Crippen molar-refractivity contribution in [2.75, 3.05) is 19.8 Å². The number of rotatable bonds is 5. The van der Waals surface area contributed by atoms with Gasteiger partial charge in [-0.3, -0.25) is 4.79 Å². The van der Waals surface area contributed by atoms with Gasteiger partial charge in [0, 0.05) is 18.0 Å². The molecule has 2 heterocycles. The Kier molecular flexibility index (Phi) is 5.56. The van der Waals surface area contributed by atoms with E-state index in [9.17, 15) is 9.90 Å². The first-order valence-electron chi connectivity index (χ1n) is 7.96. The first-order valence-corrected chi connectivity index (χ1v) is 8.34. The molecule has 0 bridgehead atoms. The van der Waals surface area contributed by atoms with Gasteiger partial charge in [-0.15, -0.1) is 0 Å². The van der Waals surface area contributed by atoms with Crippen LogP contribution in [0.1, 0.15) is 23.8 Å². The molecule has 1 aromatic carbocycles. The first kappa shape index (κ1) is 17.0. The van der Waals surface area contributed by atoms with Gasteiger partial charge in [0.15, 0.2) is 0 Å². The van der Waals surface area contributed by atoms with Crippen molar-refractivity contribution in [1.82, 2.24) is 4.90 Å². The average Bonchev–Trinajstić information content (AvgIpc) is 3.10. The summed E-state index contributed by atoms with van der Waals surface area (Å²) in [6.07, 6.45) is 1.44. The summed E-state index contributed by atoms with van der Waals surface area (Å²) in [5.41, 5.74) is 0.879. The second-order valence-corrected chi connectivity index (χ2v) is 6.33. The van der Waals surface area contributed by atoms with Crippen molar-refractivity contribution in [3.63, 3.8) is 0 Å². The minimum absolute atomic E-state index is 0.0113. The molecule has 5 nitrogen and oxygen atoms in total. The van der Waals surface area contributed by atoms with Crippen LogP contribution in [-0.4, -0.2) is 41.7 Å². The zero-order chi connectivity index (χ0) is 16.9. The van der Waals surface area contributed by atoms with Crippen LogP contribution in [0.3, 0.4) is 0 Å². The van der Waals surface area contributed by atoms with Crippen molar-refractivity contribution in [3.8, 4) is 0 Å². The molecule has 2 atom stereocenters. The minimum atomic E-state index is -0.756. The van der Waals surface area contributed by atoms with Gasteiger partial charge in [0.05, 0.1) is 31.9 Å². The van der Waals surface area contributed by atoms with Gasteiger partial charge < -0.3 is 19.2 Å². The topological polar surface area (TPSA) is 62.9 Å². The molecule has 1 aliphatic heterocycles. The molecule has 0 unspecified atom stereocenters. The maximum absolute atomic E-state index is 12.7. The fourth-order valence-corrected chi connectivity index (χ4v) is 3.17. The van der Waals surface area contributed by atoms with Crippen molar-refractivity contribution < 1.29 is 19.1 Å². The molecule has 1 saturated heterocycles. The number of carbonyl (C=O) groups excluding carboxylic acids is 1. The highest BCUT2D eigenvalue weighted by molar-refractivity contribution is 6.30. The molecule has 0 spiro atoms. The van der Waals surface area contributed by atoms with Crippen LogP contribution in [0.15, 0.2) is 47.1 Å². The van der Waals surface area contributed by atoms with Crippen LogP contribution in [0.2, 0.25) is 5.02 Å². The van der Waals surface area contributed by atoms with Crippen LogP contribution in [0.4, 0.5) is 0 Å². The molecular formula is C18H20ClNO4. The molecule has 24 heavy (non-hydrogen) atoms. The molecule has 1 fully saturated rings. The smallest absolute Gasteiger partial charge is 0.227 e. The summed E-state index contributed by atoms with van der Waals surface area (Å²) in [5.74, 6) is 0.514. The Labute approximate surface area is 145 Å². The van der Waals surface area contributed by atoms with E-state index in [1.807, 2.05) is 12.1 Å². The summed E-state index contributed by atoms with van der Waals surface area (Å²) in [6, 6.07) is 10.6. The number of aliphatic hydroxyl groups excluding tert-OH is 1. The van der Waals surface area contributed by atoms with Gasteiger partial charge in [-0.2, -0.15) is 0 Å². The standard InChI is InChI=1S/C18H20ClNO4/c19-14-4-1-3-13(9-14)10-18(22)20-6-8-23-12-15(20)11-16(21)17-5-2-7-24-17/h1-5,7,9,15-16,21H,6,8,10-12H2/t15-,16-/m0/s1. The van der Waals surface area contributed by atoms with E-state index >= 15 is 0 Å². The SMILES string of the molecule is O=C(Cc1cccc(Cl)c1)N1CCOC[C@@H]1C[C@H](O)c1ccco1. The summed E-state index contributed by atoms with van der Waals surface area (Å²) in [4.78, 5) is 14.5. The van der Waals surface area contributed by atoms with E-state index in [-0.39, 0.29) is 18.4 Å². The number of hydrogen-bond donors (Lipinski definition) is 1. The van der Waals surface area contributed by atoms with Gasteiger partial charge in [0.1, 0.15) is 11.9 Å². The molecule has 3 rings (SSSR count). The van der Waals surface area contributed by atoms with Gasteiger partial charge in [-0.1, -0.05) is 23.7 Å². The fourth-order valence-electron chi connectivity index (χ4n) is 2.96. The van der Waals surface area contributed by atoms with Crippen molar-refractivity contribution in [3.05, 3.63) is 59.0 Å². The highest BCUT2D eigenvalue weighted by Crippen LogP contribution is 2.23. The van der Waals surface area contributed by atoms with E-state index in [2.05, 4.69) is 0 Å². The Bertz CT molecular complexity index is 673. The molecule has 1 N–H and O–H groups in total.